The molecule has 0 amide bonds. The van der Waals surface area contributed by atoms with Gasteiger partial charge in [0.1, 0.15) is 0 Å². The number of nitrogens with zero attached hydrogens (tertiary/aromatic N) is 1. The molecule has 0 atom stereocenters. The lowest BCUT2D eigenvalue weighted by Gasteiger charge is -2.21. The molecule has 18 heavy (non-hydrogen) atoms. The maximum absolute atomic E-state index is 12.2. The summed E-state index contributed by atoms with van der Waals surface area (Å²) in [6, 6.07) is 0. The van der Waals surface area contributed by atoms with Gasteiger partial charge >= 0.3 is 6.18 Å². The van der Waals surface area contributed by atoms with Crippen LogP contribution in [0.5, 0.6) is 0 Å². The molecule has 0 fully saturated rings. The number of halogens is 3. The Labute approximate surface area is 109 Å². The highest BCUT2D eigenvalue weighted by molar-refractivity contribution is 4.62. The van der Waals surface area contributed by atoms with Crippen molar-refractivity contribution < 1.29 is 13.2 Å². The van der Waals surface area contributed by atoms with Gasteiger partial charge in [0, 0.05) is 0 Å². The van der Waals surface area contributed by atoms with Gasteiger partial charge in [-0.3, -0.25) is 4.90 Å². The molecule has 110 valence electrons. The predicted octanol–water partition coefficient (Wildman–Crippen LogP) is 3.29. The van der Waals surface area contributed by atoms with Crippen LogP contribution in [0.25, 0.3) is 0 Å². The molecular weight excluding hydrogens is 241 g/mol. The maximum Gasteiger partial charge on any atom is 0.401 e. The van der Waals surface area contributed by atoms with Crippen molar-refractivity contribution in [1.29, 1.82) is 0 Å². The van der Waals surface area contributed by atoms with E-state index in [4.69, 9.17) is 0 Å². The van der Waals surface area contributed by atoms with Crippen LogP contribution in [-0.2, 0) is 0 Å². The smallest absolute Gasteiger partial charge is 0.316 e. The van der Waals surface area contributed by atoms with E-state index in [1.807, 2.05) is 0 Å². The van der Waals surface area contributed by atoms with E-state index in [0.717, 1.165) is 32.4 Å². The van der Waals surface area contributed by atoms with Crippen molar-refractivity contribution in [3.63, 3.8) is 0 Å². The zero-order chi connectivity index (χ0) is 14.0. The minimum atomic E-state index is -4.07. The fourth-order valence-corrected chi connectivity index (χ4v) is 1.76. The van der Waals surface area contributed by atoms with Crippen molar-refractivity contribution in [2.45, 2.75) is 46.2 Å². The second-order valence-electron chi connectivity index (χ2n) is 5.14. The summed E-state index contributed by atoms with van der Waals surface area (Å²) in [6.45, 7) is 8.28. The van der Waals surface area contributed by atoms with Crippen molar-refractivity contribution >= 4 is 0 Å². The molecule has 0 aromatic heterocycles. The summed E-state index contributed by atoms with van der Waals surface area (Å²) in [5.41, 5.74) is 0. The first kappa shape index (κ1) is 17.7. The molecular formula is C13H27F3N2. The lowest BCUT2D eigenvalue weighted by molar-refractivity contribution is -0.145. The first-order chi connectivity index (χ1) is 8.35. The third-order valence-corrected chi connectivity index (χ3v) is 2.73. The van der Waals surface area contributed by atoms with Gasteiger partial charge in [-0.15, -0.1) is 0 Å². The van der Waals surface area contributed by atoms with Gasteiger partial charge in [-0.1, -0.05) is 27.2 Å². The third-order valence-electron chi connectivity index (χ3n) is 2.73. The highest BCUT2D eigenvalue weighted by atomic mass is 19.4. The SMILES string of the molecule is CCN(CCCCCNCC(C)C)CC(F)(F)F. The Morgan fingerprint density at radius 1 is 1.11 bits per heavy atom. The summed E-state index contributed by atoms with van der Waals surface area (Å²) in [6.07, 6.45) is -1.21. The van der Waals surface area contributed by atoms with Crippen molar-refractivity contribution in [3.8, 4) is 0 Å². The summed E-state index contributed by atoms with van der Waals surface area (Å²) in [4.78, 5) is 1.46. The van der Waals surface area contributed by atoms with E-state index in [0.29, 0.717) is 19.0 Å². The minimum Gasteiger partial charge on any atom is -0.316 e. The van der Waals surface area contributed by atoms with Crippen molar-refractivity contribution in [2.75, 3.05) is 32.7 Å². The van der Waals surface area contributed by atoms with Gasteiger partial charge in [0.15, 0.2) is 0 Å². The minimum absolute atomic E-state index is 0.463. The van der Waals surface area contributed by atoms with Gasteiger partial charge in [-0.05, 0) is 44.9 Å². The van der Waals surface area contributed by atoms with Gasteiger partial charge < -0.3 is 5.32 Å². The molecule has 0 bridgehead atoms. The van der Waals surface area contributed by atoms with Gasteiger partial charge in [0.25, 0.3) is 0 Å². The molecule has 0 aromatic rings. The van der Waals surface area contributed by atoms with Crippen LogP contribution in [-0.4, -0.2) is 43.8 Å². The van der Waals surface area contributed by atoms with E-state index in [1.165, 1.54) is 4.90 Å². The number of rotatable bonds is 10. The van der Waals surface area contributed by atoms with Crippen molar-refractivity contribution in [3.05, 3.63) is 0 Å². The number of alkyl halides is 3. The van der Waals surface area contributed by atoms with Crippen molar-refractivity contribution in [1.82, 2.24) is 10.2 Å². The van der Waals surface area contributed by atoms with Crippen LogP contribution in [0.3, 0.4) is 0 Å². The monoisotopic (exact) mass is 268 g/mol. The molecule has 0 saturated carbocycles. The Morgan fingerprint density at radius 3 is 2.28 bits per heavy atom. The van der Waals surface area contributed by atoms with Gasteiger partial charge in [0.2, 0.25) is 0 Å². The average molecular weight is 268 g/mol. The quantitative estimate of drug-likeness (QED) is 0.612. The molecule has 2 nitrogen and oxygen atoms in total. The number of hydrogen-bond donors (Lipinski definition) is 1. The number of hydrogen-bond acceptors (Lipinski definition) is 2. The first-order valence-electron chi connectivity index (χ1n) is 6.85. The molecule has 0 spiro atoms. The van der Waals surface area contributed by atoms with Gasteiger partial charge in [-0.25, -0.2) is 0 Å². The largest absolute Gasteiger partial charge is 0.401 e. The topological polar surface area (TPSA) is 15.3 Å². The summed E-state index contributed by atoms with van der Waals surface area (Å²) in [5.74, 6) is 0.646. The van der Waals surface area contributed by atoms with Crippen LogP contribution in [0.4, 0.5) is 13.2 Å². The van der Waals surface area contributed by atoms with E-state index in [-0.39, 0.29) is 0 Å². The fourth-order valence-electron chi connectivity index (χ4n) is 1.76. The summed E-state index contributed by atoms with van der Waals surface area (Å²) in [7, 11) is 0. The van der Waals surface area contributed by atoms with Crippen molar-refractivity contribution in [2.24, 2.45) is 5.92 Å². The zero-order valence-corrected chi connectivity index (χ0v) is 11.8. The molecule has 0 aliphatic rings. The maximum atomic E-state index is 12.2. The molecule has 0 aliphatic heterocycles. The number of unbranched alkanes of at least 4 members (excludes halogenated alkanes) is 2. The highest BCUT2D eigenvalue weighted by Crippen LogP contribution is 2.16. The van der Waals surface area contributed by atoms with E-state index in [1.54, 1.807) is 6.92 Å². The van der Waals surface area contributed by atoms with E-state index < -0.39 is 12.7 Å². The highest BCUT2D eigenvalue weighted by Gasteiger charge is 2.29. The molecule has 0 unspecified atom stereocenters. The van der Waals surface area contributed by atoms with Crippen LogP contribution in [0.15, 0.2) is 0 Å². The lowest BCUT2D eigenvalue weighted by Crippen LogP contribution is -2.34. The Morgan fingerprint density at radius 2 is 1.78 bits per heavy atom. The van der Waals surface area contributed by atoms with Gasteiger partial charge in [0.05, 0.1) is 6.54 Å². The Kier molecular flexibility index (Phi) is 9.46. The molecule has 0 saturated heterocycles. The van der Waals surface area contributed by atoms with E-state index >= 15 is 0 Å². The molecule has 0 rings (SSSR count). The average Bonchev–Trinajstić information content (AvgIpc) is 2.24. The summed E-state index contributed by atoms with van der Waals surface area (Å²) < 4.78 is 36.6. The Bertz CT molecular complexity index is 193. The second kappa shape index (κ2) is 9.62. The molecule has 0 aromatic carbocycles. The van der Waals surface area contributed by atoms with Gasteiger partial charge in [-0.2, -0.15) is 13.2 Å². The predicted molar refractivity (Wildman–Crippen MR) is 69.7 cm³/mol. The Hall–Kier alpha value is -0.290. The molecule has 5 heteroatoms. The molecule has 1 N–H and O–H groups in total. The number of nitrogens with one attached hydrogen (secondary N) is 1. The summed E-state index contributed by atoms with van der Waals surface area (Å²) in [5, 5.41) is 3.33. The Balaban J connectivity index is 3.46. The molecule has 0 aliphatic carbocycles. The van der Waals surface area contributed by atoms with E-state index in [9.17, 15) is 13.2 Å². The molecule has 0 heterocycles. The first-order valence-corrected chi connectivity index (χ1v) is 6.85. The fraction of sp³-hybridized carbons (Fsp3) is 1.00. The van der Waals surface area contributed by atoms with Crippen LogP contribution >= 0.6 is 0 Å². The zero-order valence-electron chi connectivity index (χ0n) is 11.8. The van der Waals surface area contributed by atoms with Crippen LogP contribution in [0, 0.1) is 5.92 Å². The summed E-state index contributed by atoms with van der Waals surface area (Å²) >= 11 is 0. The third kappa shape index (κ3) is 12.2. The van der Waals surface area contributed by atoms with Crippen LogP contribution < -0.4 is 5.32 Å². The normalized spacial score (nSPS) is 12.7. The van der Waals surface area contributed by atoms with Crippen LogP contribution in [0.1, 0.15) is 40.0 Å². The second-order valence-corrected chi connectivity index (χ2v) is 5.14. The standard InChI is InChI=1S/C13H27F3N2/c1-4-18(11-13(14,15)16)9-7-5-6-8-17-10-12(2)3/h12,17H,4-11H2,1-3H3. The lowest BCUT2D eigenvalue weighted by atomic mass is 10.2. The van der Waals surface area contributed by atoms with E-state index in [2.05, 4.69) is 19.2 Å². The van der Waals surface area contributed by atoms with Crippen LogP contribution in [0.2, 0.25) is 0 Å². The molecule has 0 radical (unpaired) electrons.